The smallest absolute Gasteiger partial charge is 0.313 e. The van der Waals surface area contributed by atoms with E-state index in [2.05, 4.69) is 31.2 Å². The number of H-pyrrole nitrogens is 2. The number of nitrogens with one attached hydrogen (secondary N) is 3. The second kappa shape index (κ2) is 5.01. The first-order valence-corrected chi connectivity index (χ1v) is 6.25. The topological polar surface area (TPSA) is 60.7 Å². The van der Waals surface area contributed by atoms with Gasteiger partial charge in [0, 0.05) is 10.5 Å². The van der Waals surface area contributed by atoms with Gasteiger partial charge in [0.05, 0.1) is 17.5 Å². The molecule has 0 saturated heterocycles. The molecule has 4 nitrogen and oxygen atoms in total. The second-order valence-corrected chi connectivity index (χ2v) is 5.01. The Morgan fingerprint density at radius 1 is 1.32 bits per heavy atom. The number of aromatic nitrogens is 2. The zero-order valence-corrected chi connectivity index (χ0v) is 11.4. The normalized spacial score (nSPS) is 13.9. The molecule has 0 amide bonds. The van der Waals surface area contributed by atoms with Crippen molar-refractivity contribution in [2.75, 3.05) is 7.05 Å². The van der Waals surface area contributed by atoms with Gasteiger partial charge in [-0.2, -0.15) is 13.2 Å². The zero-order chi connectivity index (χ0) is 14.2. The van der Waals surface area contributed by atoms with E-state index < -0.39 is 24.3 Å². The second-order valence-electron chi connectivity index (χ2n) is 4.16. The number of alkyl halides is 3. The number of imidazole rings is 1. The number of rotatable bonds is 3. The largest absolute Gasteiger partial charge is 0.390 e. The van der Waals surface area contributed by atoms with Crippen molar-refractivity contribution in [3.8, 4) is 0 Å². The molecule has 0 saturated carbocycles. The van der Waals surface area contributed by atoms with Gasteiger partial charge in [0.25, 0.3) is 0 Å². The van der Waals surface area contributed by atoms with Crippen LogP contribution in [0, 0.1) is 0 Å². The molecule has 0 fully saturated rings. The maximum atomic E-state index is 12.5. The van der Waals surface area contributed by atoms with Gasteiger partial charge in [-0.25, -0.2) is 4.79 Å². The Balaban J connectivity index is 2.47. The van der Waals surface area contributed by atoms with Crippen molar-refractivity contribution < 1.29 is 13.2 Å². The molecular weight excluding hydrogens is 327 g/mol. The summed E-state index contributed by atoms with van der Waals surface area (Å²) in [7, 11) is 1.47. The highest BCUT2D eigenvalue weighted by molar-refractivity contribution is 9.10. The Labute approximate surface area is 114 Å². The molecule has 2 aromatic rings. The van der Waals surface area contributed by atoms with E-state index in [0.29, 0.717) is 21.1 Å². The molecule has 8 heteroatoms. The van der Waals surface area contributed by atoms with Gasteiger partial charge in [-0.15, -0.1) is 0 Å². The Morgan fingerprint density at radius 2 is 1.89 bits per heavy atom. The standard InChI is InChI=1S/C11H11BrF3N3O/c1-16-9(4-11(13,14)15)5-2-7-8(3-6(5)12)18-10(19)17-7/h2-3,9,16H,4H2,1H3,(H2,17,18,19). The van der Waals surface area contributed by atoms with Gasteiger partial charge in [0.2, 0.25) is 0 Å². The molecule has 0 aliphatic carbocycles. The molecule has 104 valence electrons. The van der Waals surface area contributed by atoms with Crippen LogP contribution in [0.3, 0.4) is 0 Å². The lowest BCUT2D eigenvalue weighted by Crippen LogP contribution is -2.24. The predicted octanol–water partition coefficient (Wildman–Crippen LogP) is 2.83. The van der Waals surface area contributed by atoms with Crippen LogP contribution in [0.5, 0.6) is 0 Å². The molecule has 19 heavy (non-hydrogen) atoms. The van der Waals surface area contributed by atoms with Crippen molar-refractivity contribution in [3.63, 3.8) is 0 Å². The van der Waals surface area contributed by atoms with Crippen LogP contribution in [0.2, 0.25) is 0 Å². The lowest BCUT2D eigenvalue weighted by molar-refractivity contribution is -0.140. The maximum absolute atomic E-state index is 12.5. The van der Waals surface area contributed by atoms with E-state index in [0.717, 1.165) is 0 Å². The molecule has 0 radical (unpaired) electrons. The molecule has 0 spiro atoms. The van der Waals surface area contributed by atoms with Crippen LogP contribution in [0.1, 0.15) is 18.0 Å². The fourth-order valence-corrected chi connectivity index (χ4v) is 2.56. The Morgan fingerprint density at radius 3 is 2.42 bits per heavy atom. The van der Waals surface area contributed by atoms with Gasteiger partial charge >= 0.3 is 11.9 Å². The van der Waals surface area contributed by atoms with Gasteiger partial charge < -0.3 is 15.3 Å². The zero-order valence-electron chi connectivity index (χ0n) is 9.86. The van der Waals surface area contributed by atoms with Crippen LogP contribution in [0.4, 0.5) is 13.2 Å². The van der Waals surface area contributed by atoms with Crippen LogP contribution < -0.4 is 11.0 Å². The molecule has 1 aromatic heterocycles. The van der Waals surface area contributed by atoms with Crippen LogP contribution in [0.25, 0.3) is 11.0 Å². The summed E-state index contributed by atoms with van der Waals surface area (Å²) in [5.41, 5.74) is 1.08. The fourth-order valence-electron chi connectivity index (χ4n) is 1.94. The summed E-state index contributed by atoms with van der Waals surface area (Å²) < 4.78 is 38.0. The first-order chi connectivity index (χ1) is 8.80. The van der Waals surface area contributed by atoms with Gasteiger partial charge in [0.15, 0.2) is 0 Å². The monoisotopic (exact) mass is 337 g/mol. The third kappa shape index (κ3) is 3.19. The average Bonchev–Trinajstić information content (AvgIpc) is 2.63. The Bertz CT molecular complexity index is 647. The van der Waals surface area contributed by atoms with Gasteiger partial charge in [0.1, 0.15) is 0 Å². The lowest BCUT2D eigenvalue weighted by Gasteiger charge is -2.19. The molecule has 1 aromatic carbocycles. The first kappa shape index (κ1) is 14.1. The minimum atomic E-state index is -4.27. The summed E-state index contributed by atoms with van der Waals surface area (Å²) >= 11 is 3.23. The van der Waals surface area contributed by atoms with E-state index >= 15 is 0 Å². The highest BCUT2D eigenvalue weighted by atomic mass is 79.9. The molecule has 0 bridgehead atoms. The summed E-state index contributed by atoms with van der Waals surface area (Å²) in [6.07, 6.45) is -5.25. The number of aromatic amines is 2. The maximum Gasteiger partial charge on any atom is 0.390 e. The molecular formula is C11H11BrF3N3O. The van der Waals surface area contributed by atoms with Gasteiger partial charge in [-0.05, 0) is 24.7 Å². The van der Waals surface area contributed by atoms with E-state index in [-0.39, 0.29) is 0 Å². The van der Waals surface area contributed by atoms with Crippen LogP contribution in [-0.4, -0.2) is 23.2 Å². The van der Waals surface area contributed by atoms with Crippen molar-refractivity contribution in [1.29, 1.82) is 0 Å². The van der Waals surface area contributed by atoms with E-state index in [1.165, 1.54) is 13.1 Å². The van der Waals surface area contributed by atoms with Crippen LogP contribution in [-0.2, 0) is 0 Å². The van der Waals surface area contributed by atoms with Gasteiger partial charge in [-0.3, -0.25) is 0 Å². The van der Waals surface area contributed by atoms with E-state index in [4.69, 9.17) is 0 Å². The lowest BCUT2D eigenvalue weighted by atomic mass is 10.0. The van der Waals surface area contributed by atoms with Gasteiger partial charge in [-0.1, -0.05) is 15.9 Å². The van der Waals surface area contributed by atoms with E-state index in [9.17, 15) is 18.0 Å². The quantitative estimate of drug-likeness (QED) is 0.806. The molecule has 1 atom stereocenters. The molecule has 0 aliphatic heterocycles. The number of fused-ring (bicyclic) bond motifs is 1. The molecule has 3 N–H and O–H groups in total. The van der Waals surface area contributed by atoms with Crippen molar-refractivity contribution in [2.24, 2.45) is 0 Å². The van der Waals surface area contributed by atoms with E-state index in [1.807, 2.05) is 0 Å². The minimum absolute atomic E-state index is 0.393. The van der Waals surface area contributed by atoms with E-state index in [1.54, 1.807) is 6.07 Å². The summed E-state index contributed by atoms with van der Waals surface area (Å²) in [6.45, 7) is 0. The Kier molecular flexibility index (Phi) is 3.73. The summed E-state index contributed by atoms with van der Waals surface area (Å²) in [6, 6.07) is 2.24. The number of hydrogen-bond acceptors (Lipinski definition) is 2. The molecule has 2 rings (SSSR count). The highest BCUT2D eigenvalue weighted by Gasteiger charge is 2.32. The Hall–Kier alpha value is -1.28. The summed E-state index contributed by atoms with van der Waals surface area (Å²) in [5.74, 6) is 0. The third-order valence-corrected chi connectivity index (χ3v) is 3.48. The molecule has 1 unspecified atom stereocenters. The molecule has 1 heterocycles. The predicted molar refractivity (Wildman–Crippen MR) is 69.1 cm³/mol. The molecule has 0 aliphatic rings. The van der Waals surface area contributed by atoms with Crippen molar-refractivity contribution in [3.05, 3.63) is 32.7 Å². The SMILES string of the molecule is CNC(CC(F)(F)F)c1cc2[nH]c(=O)[nH]c2cc1Br. The van der Waals surface area contributed by atoms with Crippen LogP contribution >= 0.6 is 15.9 Å². The fraction of sp³-hybridized carbons (Fsp3) is 0.364. The van der Waals surface area contributed by atoms with Crippen molar-refractivity contribution in [1.82, 2.24) is 15.3 Å². The number of benzene rings is 1. The number of hydrogen-bond donors (Lipinski definition) is 3. The first-order valence-electron chi connectivity index (χ1n) is 5.45. The van der Waals surface area contributed by atoms with Crippen LogP contribution in [0.15, 0.2) is 21.4 Å². The summed E-state index contributed by atoms with van der Waals surface area (Å²) in [4.78, 5) is 16.2. The summed E-state index contributed by atoms with van der Waals surface area (Å²) in [5, 5.41) is 2.64. The minimum Gasteiger partial charge on any atom is -0.313 e. The van der Waals surface area contributed by atoms with Crippen molar-refractivity contribution >= 4 is 27.0 Å². The highest BCUT2D eigenvalue weighted by Crippen LogP contribution is 2.34. The average molecular weight is 338 g/mol. The number of halogens is 4. The third-order valence-electron chi connectivity index (χ3n) is 2.79. The van der Waals surface area contributed by atoms with Crippen molar-refractivity contribution in [2.45, 2.75) is 18.6 Å².